The van der Waals surface area contributed by atoms with Crippen molar-refractivity contribution in [2.45, 2.75) is 13.3 Å². The first kappa shape index (κ1) is 18.8. The second-order valence-corrected chi connectivity index (χ2v) is 5.07. The lowest BCUT2D eigenvalue weighted by molar-refractivity contribution is -0.138. The number of nitrogens with one attached hydrogen (secondary N) is 1. The number of carbonyl (C=O) groups excluding carboxylic acids is 2. The lowest BCUT2D eigenvalue weighted by atomic mass is 10.2. The molecule has 0 unspecified atom stereocenters. The van der Waals surface area contributed by atoms with E-state index in [0.717, 1.165) is 6.20 Å². The third-order valence-corrected chi connectivity index (χ3v) is 3.22. The predicted molar refractivity (Wildman–Crippen MR) is 86.4 cm³/mol. The Morgan fingerprint density at radius 1 is 1.39 bits per heavy atom. The highest BCUT2D eigenvalue weighted by Crippen LogP contribution is 2.30. The van der Waals surface area contributed by atoms with E-state index in [1.165, 1.54) is 19.2 Å². The fraction of sp³-hybridized carbons (Fsp3) is 0.267. The van der Waals surface area contributed by atoms with Gasteiger partial charge in [0.25, 0.3) is 0 Å². The van der Waals surface area contributed by atoms with Crippen LogP contribution in [0, 0.1) is 11.3 Å². The Bertz CT molecular complexity index is 681. The smallest absolute Gasteiger partial charge is 0.350 e. The Kier molecular flexibility index (Phi) is 7.39. The van der Waals surface area contributed by atoms with Gasteiger partial charge >= 0.3 is 11.9 Å². The van der Waals surface area contributed by atoms with Crippen LogP contribution in [0.25, 0.3) is 0 Å². The molecule has 0 aromatic heterocycles. The second-order valence-electron chi connectivity index (χ2n) is 4.26. The number of nitriles is 1. The Hall–Kier alpha value is -2.23. The maximum atomic E-state index is 11.6. The van der Waals surface area contributed by atoms with Crippen molar-refractivity contribution < 1.29 is 19.1 Å². The van der Waals surface area contributed by atoms with Gasteiger partial charge in [0.15, 0.2) is 5.57 Å². The minimum atomic E-state index is -0.756. The third kappa shape index (κ3) is 5.16. The van der Waals surface area contributed by atoms with Gasteiger partial charge in [0, 0.05) is 11.2 Å². The summed E-state index contributed by atoms with van der Waals surface area (Å²) in [5, 5.41) is 11.9. The van der Waals surface area contributed by atoms with Gasteiger partial charge in [-0.05, 0) is 18.6 Å². The van der Waals surface area contributed by atoms with Crippen molar-refractivity contribution in [3.8, 4) is 6.07 Å². The summed E-state index contributed by atoms with van der Waals surface area (Å²) in [7, 11) is 1.21. The van der Waals surface area contributed by atoms with Crippen LogP contribution in [0.4, 0.5) is 5.69 Å². The van der Waals surface area contributed by atoms with E-state index in [1.54, 1.807) is 6.07 Å². The molecule has 1 rings (SSSR count). The Balaban J connectivity index is 3.06. The third-order valence-electron chi connectivity index (χ3n) is 2.59. The van der Waals surface area contributed by atoms with Crippen molar-refractivity contribution in [1.29, 1.82) is 5.26 Å². The Morgan fingerprint density at radius 2 is 2.09 bits per heavy atom. The number of methoxy groups -OCH3 is 1. The zero-order valence-electron chi connectivity index (χ0n) is 12.5. The van der Waals surface area contributed by atoms with Gasteiger partial charge in [0.1, 0.15) is 6.07 Å². The summed E-state index contributed by atoms with van der Waals surface area (Å²) in [4.78, 5) is 23.3. The molecular formula is C15H14Cl2N2O4. The largest absolute Gasteiger partial charge is 0.465 e. The number of rotatable bonds is 6. The summed E-state index contributed by atoms with van der Waals surface area (Å²) in [6, 6.07) is 4.52. The number of esters is 2. The van der Waals surface area contributed by atoms with Gasteiger partial charge in [0.2, 0.25) is 0 Å². The normalized spacial score (nSPS) is 10.7. The summed E-state index contributed by atoms with van der Waals surface area (Å²) < 4.78 is 9.47. The molecule has 0 aliphatic rings. The van der Waals surface area contributed by atoms with Crippen molar-refractivity contribution in [2.75, 3.05) is 19.0 Å². The molecule has 0 saturated carbocycles. The van der Waals surface area contributed by atoms with E-state index >= 15 is 0 Å². The highest BCUT2D eigenvalue weighted by Gasteiger charge is 2.16. The van der Waals surface area contributed by atoms with Crippen LogP contribution < -0.4 is 5.32 Å². The minimum absolute atomic E-state index is 0.0525. The van der Waals surface area contributed by atoms with E-state index in [4.69, 9.17) is 33.2 Å². The summed E-state index contributed by atoms with van der Waals surface area (Å²) in [5.74, 6) is -1.42. The highest BCUT2D eigenvalue weighted by molar-refractivity contribution is 6.38. The molecule has 0 amide bonds. The maximum Gasteiger partial charge on any atom is 0.350 e. The summed E-state index contributed by atoms with van der Waals surface area (Å²) in [5.41, 5.74) is 0.0642. The molecule has 1 aromatic carbocycles. The van der Waals surface area contributed by atoms with E-state index < -0.39 is 11.9 Å². The summed E-state index contributed by atoms with van der Waals surface area (Å²) >= 11 is 12.0. The molecule has 0 aliphatic heterocycles. The van der Waals surface area contributed by atoms with Crippen LogP contribution in [0.5, 0.6) is 0 Å². The van der Waals surface area contributed by atoms with Gasteiger partial charge in [-0.3, -0.25) is 0 Å². The number of anilines is 1. The van der Waals surface area contributed by atoms with Gasteiger partial charge in [-0.25, -0.2) is 9.59 Å². The zero-order chi connectivity index (χ0) is 17.4. The molecule has 1 aromatic rings. The van der Waals surface area contributed by atoms with Crippen molar-refractivity contribution in [3.63, 3.8) is 0 Å². The first-order valence-corrected chi connectivity index (χ1v) is 7.31. The van der Waals surface area contributed by atoms with Crippen LogP contribution >= 0.6 is 23.2 Å². The van der Waals surface area contributed by atoms with E-state index in [1.807, 2.05) is 6.92 Å². The number of carbonyl (C=O) groups is 2. The van der Waals surface area contributed by atoms with Crippen LogP contribution in [0.1, 0.15) is 23.7 Å². The lowest BCUT2D eigenvalue weighted by Crippen LogP contribution is -2.09. The number of nitrogens with zero attached hydrogens (tertiary/aromatic N) is 1. The predicted octanol–water partition coefficient (Wildman–Crippen LogP) is 3.55. The van der Waals surface area contributed by atoms with E-state index in [-0.39, 0.29) is 33.5 Å². The second kappa shape index (κ2) is 9.03. The van der Waals surface area contributed by atoms with Gasteiger partial charge < -0.3 is 14.8 Å². The molecule has 8 heteroatoms. The molecule has 23 heavy (non-hydrogen) atoms. The van der Waals surface area contributed by atoms with Gasteiger partial charge in [-0.1, -0.05) is 30.1 Å². The molecule has 0 heterocycles. The standard InChI is InChI=1S/C15H14Cl2N2O4/c1-3-4-23-14(20)9(7-18)8-19-12-6-10(16)5-11(13(12)17)15(21)22-2/h5-6,8,19H,3-4H2,1-2H3. The number of hydrogen-bond acceptors (Lipinski definition) is 6. The van der Waals surface area contributed by atoms with Crippen LogP contribution in [0.3, 0.4) is 0 Å². The van der Waals surface area contributed by atoms with Crippen molar-refractivity contribution >= 4 is 40.8 Å². The Labute approximate surface area is 143 Å². The quantitative estimate of drug-likeness (QED) is 0.476. The van der Waals surface area contributed by atoms with Crippen LogP contribution in [-0.2, 0) is 14.3 Å². The molecule has 1 N–H and O–H groups in total. The molecule has 0 saturated heterocycles. The maximum absolute atomic E-state index is 11.6. The highest BCUT2D eigenvalue weighted by atomic mass is 35.5. The number of hydrogen-bond donors (Lipinski definition) is 1. The molecule has 0 bridgehead atoms. The van der Waals surface area contributed by atoms with Crippen molar-refractivity contribution in [2.24, 2.45) is 0 Å². The van der Waals surface area contributed by atoms with E-state index in [9.17, 15) is 9.59 Å². The molecular weight excluding hydrogens is 343 g/mol. The molecule has 122 valence electrons. The van der Waals surface area contributed by atoms with Crippen LogP contribution in [-0.4, -0.2) is 25.7 Å². The molecule has 0 atom stereocenters. The number of halogens is 2. The summed E-state index contributed by atoms with van der Waals surface area (Å²) in [6.07, 6.45) is 1.77. The van der Waals surface area contributed by atoms with Crippen LogP contribution in [0.2, 0.25) is 10.0 Å². The lowest BCUT2D eigenvalue weighted by Gasteiger charge is -2.09. The first-order chi connectivity index (χ1) is 10.9. The average Bonchev–Trinajstić information content (AvgIpc) is 2.55. The number of ether oxygens (including phenoxy) is 2. The van der Waals surface area contributed by atoms with Gasteiger partial charge in [0.05, 0.1) is 30.0 Å². The van der Waals surface area contributed by atoms with Gasteiger partial charge in [-0.2, -0.15) is 5.26 Å². The molecule has 0 aliphatic carbocycles. The topological polar surface area (TPSA) is 88.4 Å². The van der Waals surface area contributed by atoms with Crippen LogP contribution in [0.15, 0.2) is 23.9 Å². The molecule has 0 spiro atoms. The molecule has 6 nitrogen and oxygen atoms in total. The minimum Gasteiger partial charge on any atom is -0.465 e. The average molecular weight is 357 g/mol. The fourth-order valence-corrected chi connectivity index (χ4v) is 1.97. The fourth-order valence-electron chi connectivity index (χ4n) is 1.51. The van der Waals surface area contributed by atoms with Gasteiger partial charge in [-0.15, -0.1) is 0 Å². The Morgan fingerprint density at radius 3 is 2.65 bits per heavy atom. The first-order valence-electron chi connectivity index (χ1n) is 6.55. The van der Waals surface area contributed by atoms with E-state index in [2.05, 4.69) is 10.1 Å². The van der Waals surface area contributed by atoms with Crippen molar-refractivity contribution in [3.05, 3.63) is 39.5 Å². The van der Waals surface area contributed by atoms with Crippen molar-refractivity contribution in [1.82, 2.24) is 0 Å². The molecule has 0 fully saturated rings. The summed E-state index contributed by atoms with van der Waals surface area (Å²) in [6.45, 7) is 2.05. The van der Waals surface area contributed by atoms with E-state index in [0.29, 0.717) is 6.42 Å². The number of benzene rings is 1. The SMILES string of the molecule is CCCOC(=O)C(C#N)=CNc1cc(Cl)cc(C(=O)OC)c1Cl. The zero-order valence-corrected chi connectivity index (χ0v) is 14.0. The molecule has 0 radical (unpaired) electrons. The monoisotopic (exact) mass is 356 g/mol.